The highest BCUT2D eigenvalue weighted by molar-refractivity contribution is 6.10. The van der Waals surface area contributed by atoms with Crippen LogP contribution in [0.4, 0.5) is 38.0 Å². The highest BCUT2D eigenvalue weighted by Gasteiger charge is 2.50. The third-order valence-electron chi connectivity index (χ3n) is 10.3. The Kier molecular flexibility index (Phi) is 9.12. The molecule has 9 rings (SSSR count). The van der Waals surface area contributed by atoms with Crippen LogP contribution in [0.5, 0.6) is 5.88 Å². The number of methoxy groups -OCH3 is 1. The molecule has 5 heterocycles. The highest BCUT2D eigenvalue weighted by atomic mass is 19.3. The second-order valence-corrected chi connectivity index (χ2v) is 14.5. The molecule has 1 amide bonds. The van der Waals surface area contributed by atoms with Crippen molar-refractivity contribution in [1.82, 2.24) is 29.8 Å². The Morgan fingerprint density at radius 2 is 1.68 bits per heavy atom. The summed E-state index contributed by atoms with van der Waals surface area (Å²) in [4.78, 5) is 43.2. The van der Waals surface area contributed by atoms with Crippen molar-refractivity contribution in [3.05, 3.63) is 112 Å². The Morgan fingerprint density at radius 1 is 0.933 bits per heavy atom. The van der Waals surface area contributed by atoms with Crippen LogP contribution in [-0.4, -0.2) is 76.9 Å². The van der Waals surface area contributed by atoms with Gasteiger partial charge in [-0.15, -0.1) is 0 Å². The van der Waals surface area contributed by atoms with Crippen molar-refractivity contribution >= 4 is 45.6 Å². The summed E-state index contributed by atoms with van der Waals surface area (Å²) in [7, 11) is 1.13. The zero-order valence-corrected chi connectivity index (χ0v) is 31.3. The first-order chi connectivity index (χ1) is 28.6. The summed E-state index contributed by atoms with van der Waals surface area (Å²) in [6, 6.07) is 15.7. The van der Waals surface area contributed by atoms with E-state index in [0.29, 0.717) is 11.2 Å². The number of nitrogens with one attached hydrogen (secondary N) is 2. The van der Waals surface area contributed by atoms with Crippen LogP contribution in [-0.2, 0) is 17.9 Å². The van der Waals surface area contributed by atoms with Crippen molar-refractivity contribution in [2.24, 2.45) is 0 Å². The molecule has 3 aromatic carbocycles. The van der Waals surface area contributed by atoms with Gasteiger partial charge in [0.15, 0.2) is 11.5 Å². The number of H-pyrrole nitrogens is 1. The van der Waals surface area contributed by atoms with Gasteiger partial charge < -0.3 is 34.8 Å². The molecule has 2 fully saturated rings. The monoisotopic (exact) mass is 829 g/mol. The Bertz CT molecular complexity index is 2920. The van der Waals surface area contributed by atoms with Gasteiger partial charge in [-0.05, 0) is 47.0 Å². The van der Waals surface area contributed by atoms with Gasteiger partial charge in [0.25, 0.3) is 11.8 Å². The molecular weight excluding hydrogens is 798 g/mol. The number of carbonyl (C=O) groups excluding carboxylic acids is 2. The maximum atomic E-state index is 15.9. The van der Waals surface area contributed by atoms with Gasteiger partial charge in [0.05, 0.1) is 43.8 Å². The van der Waals surface area contributed by atoms with Crippen LogP contribution < -0.4 is 30.6 Å². The Labute approximate surface area is 334 Å². The number of carbonyl (C=O) groups is 2. The number of esters is 1. The van der Waals surface area contributed by atoms with Gasteiger partial charge in [-0.2, -0.15) is 23.1 Å². The number of rotatable bonds is 9. The van der Waals surface area contributed by atoms with Crippen molar-refractivity contribution in [3.63, 3.8) is 0 Å². The molecule has 1 aliphatic carbocycles. The first-order valence-electron chi connectivity index (χ1n) is 18.3. The average Bonchev–Trinajstić information content (AvgIpc) is 3.67. The standard InChI is InChI=1S/C41H30F6N8O5/c1-58-38(57)23-7-6-22(36(56)49-13-20-2-4-21(5-3-20)14-59-37-34-35(51-19-50-34)52-39(48)53-37)8-24(23)33-25-9-27(42)29(54-15-40(44,45)16-54)11-31(25)60-32-12-30(28(43)10-26(32)33)55-17-41(46,47)18-55/h2-12,19,48H,13-18H2,1H3,(H2,49,56,57)/p+1. The van der Waals surface area contributed by atoms with Crippen LogP contribution in [0.2, 0.25) is 0 Å². The van der Waals surface area contributed by atoms with Crippen molar-refractivity contribution < 1.29 is 49.8 Å². The van der Waals surface area contributed by atoms with Crippen LogP contribution in [0.25, 0.3) is 44.6 Å². The van der Waals surface area contributed by atoms with Gasteiger partial charge >= 0.3 is 11.9 Å². The normalized spacial score (nSPS) is 15.5. The molecule has 19 heteroatoms. The number of imidazole rings is 1. The summed E-state index contributed by atoms with van der Waals surface area (Å²) < 4.78 is 105. The molecule has 13 nitrogen and oxygen atoms in total. The summed E-state index contributed by atoms with van der Waals surface area (Å²) in [5.74, 6) is -9.11. The van der Waals surface area contributed by atoms with Crippen molar-refractivity contribution in [3.8, 4) is 28.3 Å². The second kappa shape index (κ2) is 14.3. The van der Waals surface area contributed by atoms with E-state index in [0.717, 1.165) is 39.8 Å². The number of anilines is 2. The topological polar surface area (TPSA) is 164 Å². The van der Waals surface area contributed by atoms with Crippen LogP contribution in [0.15, 0.2) is 77.5 Å². The van der Waals surface area contributed by atoms with E-state index in [9.17, 15) is 27.2 Å². The van der Waals surface area contributed by atoms with Crippen molar-refractivity contribution in [2.75, 3.05) is 43.9 Å². The molecule has 4 N–H and O–H groups in total. The number of halogens is 6. The zero-order valence-electron chi connectivity index (χ0n) is 31.3. The second-order valence-electron chi connectivity index (χ2n) is 14.5. The van der Waals surface area contributed by atoms with Crippen LogP contribution in [0, 0.1) is 11.6 Å². The number of amides is 1. The number of nitrogens with zero attached hydrogens (tertiary/aromatic N) is 5. The fourth-order valence-electron chi connectivity index (χ4n) is 7.35. The maximum absolute atomic E-state index is 15.9. The number of hydrogen-bond donors (Lipinski definition) is 3. The third-order valence-corrected chi connectivity index (χ3v) is 10.3. The summed E-state index contributed by atoms with van der Waals surface area (Å²) >= 11 is 0. The molecule has 0 atom stereocenters. The Balaban J connectivity index is 1.06. The molecular formula is C41H31F6N8O5+. The molecule has 0 bridgehead atoms. The highest BCUT2D eigenvalue weighted by Crippen LogP contribution is 2.45. The molecule has 0 unspecified atom stereocenters. The number of benzene rings is 4. The fraction of sp³-hybridized carbons (Fsp3) is 0.220. The lowest BCUT2D eigenvalue weighted by atomic mass is 9.89. The maximum Gasteiger partial charge on any atom is 0.361 e. The number of nitrogens with two attached hydrogens (primary N) is 1. The number of aromatic nitrogens is 4. The molecule has 4 aliphatic rings. The summed E-state index contributed by atoms with van der Waals surface area (Å²) in [6.45, 7) is -2.76. The lowest BCUT2D eigenvalue weighted by molar-refractivity contribution is -0.0649. The van der Waals surface area contributed by atoms with Crippen LogP contribution in [0.3, 0.4) is 0 Å². The average molecular weight is 830 g/mol. The predicted octanol–water partition coefficient (Wildman–Crippen LogP) is 5.90. The van der Waals surface area contributed by atoms with Gasteiger partial charge in [-0.1, -0.05) is 24.3 Å². The molecule has 2 aromatic heterocycles. The van der Waals surface area contributed by atoms with Gasteiger partial charge in [0.1, 0.15) is 29.3 Å². The predicted molar refractivity (Wildman–Crippen MR) is 205 cm³/mol. The van der Waals surface area contributed by atoms with Crippen LogP contribution in [0.1, 0.15) is 31.8 Å². The first-order valence-corrected chi connectivity index (χ1v) is 18.3. The minimum Gasteiger partial charge on any atom is -0.471 e. The smallest absolute Gasteiger partial charge is 0.361 e. The summed E-state index contributed by atoms with van der Waals surface area (Å²) in [5.41, 5.74) is 7.91. The number of fused-ring (bicyclic) bond motifs is 3. The first kappa shape index (κ1) is 38.3. The number of aromatic amines is 1. The minimum absolute atomic E-state index is 0.00242. The van der Waals surface area contributed by atoms with Gasteiger partial charge in [-0.25, -0.2) is 27.5 Å². The SMILES string of the molecule is COC(=O)c1ccc(C(=O)NCc2ccc(COc3nc(N)nc4nc[nH]c34)cc2)cc1-c1c2cc(F)c(=[N+]3CC(F)(F)C3)cc-2oc2cc(N3CC(F)(F)C3)c(F)cc12. The van der Waals surface area contributed by atoms with E-state index in [2.05, 4.69) is 25.3 Å². The molecule has 3 aliphatic heterocycles. The van der Waals surface area contributed by atoms with E-state index < -0.39 is 61.5 Å². The zero-order chi connectivity index (χ0) is 42.1. The van der Waals surface area contributed by atoms with E-state index >= 15 is 8.78 Å². The number of alkyl halides is 4. The van der Waals surface area contributed by atoms with E-state index in [1.54, 1.807) is 24.3 Å². The fourth-order valence-corrected chi connectivity index (χ4v) is 7.35. The van der Waals surface area contributed by atoms with E-state index in [-0.39, 0.29) is 80.6 Å². The number of hydrogen-bond acceptors (Lipinski definition) is 10. The lowest BCUT2D eigenvalue weighted by Crippen LogP contribution is -2.58. The molecule has 306 valence electrons. The molecule has 0 spiro atoms. The number of ether oxygens (including phenoxy) is 2. The van der Waals surface area contributed by atoms with Crippen molar-refractivity contribution in [2.45, 2.75) is 25.0 Å². The lowest BCUT2D eigenvalue weighted by Gasteiger charge is -2.40. The quantitative estimate of drug-likeness (QED) is 0.0691. The summed E-state index contributed by atoms with van der Waals surface area (Å²) in [6.07, 6.45) is 1.45. The van der Waals surface area contributed by atoms with Crippen LogP contribution >= 0.6 is 0 Å². The van der Waals surface area contributed by atoms with Gasteiger partial charge in [0, 0.05) is 34.7 Å². The molecule has 2 saturated heterocycles. The van der Waals surface area contributed by atoms with Gasteiger partial charge in [0.2, 0.25) is 30.3 Å². The molecule has 60 heavy (non-hydrogen) atoms. The summed E-state index contributed by atoms with van der Waals surface area (Å²) in [5, 5.41) is 2.64. The number of nitrogen functional groups attached to an aromatic ring is 1. The Hall–Kier alpha value is -7.18. The minimum atomic E-state index is -3.03. The largest absolute Gasteiger partial charge is 0.471 e. The molecule has 0 saturated carbocycles. The van der Waals surface area contributed by atoms with Gasteiger partial charge in [-0.3, -0.25) is 4.79 Å². The molecule has 5 aromatic rings. The van der Waals surface area contributed by atoms with E-state index in [1.165, 1.54) is 36.7 Å². The molecule has 0 radical (unpaired) electrons. The third kappa shape index (κ3) is 7.04. The Morgan fingerprint density at radius 3 is 2.40 bits per heavy atom. The van der Waals surface area contributed by atoms with Crippen molar-refractivity contribution in [1.29, 1.82) is 0 Å². The van der Waals surface area contributed by atoms with E-state index in [4.69, 9.17) is 19.6 Å². The van der Waals surface area contributed by atoms with E-state index in [1.807, 2.05) is 0 Å².